The van der Waals surface area contributed by atoms with Crippen LogP contribution in [0.2, 0.25) is 10.2 Å². The van der Waals surface area contributed by atoms with Gasteiger partial charge in [0.05, 0.1) is 18.1 Å². The normalized spacial score (nSPS) is 11.4. The van der Waals surface area contributed by atoms with Crippen LogP contribution in [-0.4, -0.2) is 19.5 Å². The van der Waals surface area contributed by atoms with Crippen molar-refractivity contribution >= 4 is 45.3 Å². The molecule has 0 radical (unpaired) electrons. The zero-order valence-electron chi connectivity index (χ0n) is 10.8. The van der Waals surface area contributed by atoms with Gasteiger partial charge in [0.25, 0.3) is 0 Å². The second-order valence-electron chi connectivity index (χ2n) is 4.54. The Balaban J connectivity index is 2.27. The highest BCUT2D eigenvalue weighted by atomic mass is 35.5. The highest BCUT2D eigenvalue weighted by Crippen LogP contribution is 2.33. The predicted octanol–water partition coefficient (Wildman–Crippen LogP) is 3.23. The highest BCUT2D eigenvalue weighted by Gasteiger charge is 2.18. The summed E-state index contributed by atoms with van der Waals surface area (Å²) < 4.78 is 7.05. The molecule has 0 aliphatic rings. The van der Waals surface area contributed by atoms with E-state index in [9.17, 15) is 4.79 Å². The molecule has 0 aliphatic heterocycles. The van der Waals surface area contributed by atoms with Gasteiger partial charge in [-0.2, -0.15) is 4.98 Å². The summed E-state index contributed by atoms with van der Waals surface area (Å²) in [6.07, 6.45) is 4.39. The third kappa shape index (κ3) is 1.88. The molecule has 0 aliphatic carbocycles. The van der Waals surface area contributed by atoms with Crippen LogP contribution in [0.4, 0.5) is 0 Å². The molecule has 0 unspecified atom stereocenters. The summed E-state index contributed by atoms with van der Waals surface area (Å²) in [5, 5.41) is 1.18. The SMILES string of the molecule is O=c1nc(Cl)c2oc3ccc(Cl)cc3c2n1-c1cncnc1. The Morgan fingerprint density at radius 3 is 2.68 bits per heavy atom. The zero-order valence-corrected chi connectivity index (χ0v) is 12.3. The van der Waals surface area contributed by atoms with Crippen molar-refractivity contribution in [2.24, 2.45) is 0 Å². The quantitative estimate of drug-likeness (QED) is 0.500. The summed E-state index contributed by atoms with van der Waals surface area (Å²) in [7, 11) is 0. The molecule has 0 amide bonds. The fourth-order valence-corrected chi connectivity index (χ4v) is 2.72. The average molecular weight is 333 g/mol. The second-order valence-corrected chi connectivity index (χ2v) is 5.33. The Bertz CT molecular complexity index is 1070. The molecular formula is C14H6Cl2N4O2. The van der Waals surface area contributed by atoms with Crippen molar-refractivity contribution in [2.45, 2.75) is 0 Å². The number of furan rings is 1. The van der Waals surface area contributed by atoms with Crippen molar-refractivity contribution in [3.63, 3.8) is 0 Å². The number of hydrogen-bond donors (Lipinski definition) is 0. The molecule has 4 aromatic rings. The van der Waals surface area contributed by atoms with Gasteiger partial charge in [0, 0.05) is 10.4 Å². The standard InChI is InChI=1S/C14H6Cl2N4O2/c15-7-1-2-10-9(3-7)11-12(22-10)13(16)19-14(21)20(11)8-4-17-6-18-5-8/h1-6H. The molecule has 0 fully saturated rings. The van der Waals surface area contributed by atoms with E-state index in [4.69, 9.17) is 27.6 Å². The third-order valence-corrected chi connectivity index (χ3v) is 3.72. The Morgan fingerprint density at radius 2 is 1.91 bits per heavy atom. The number of benzene rings is 1. The fraction of sp³-hybridized carbons (Fsp3) is 0. The van der Waals surface area contributed by atoms with Crippen LogP contribution in [0.1, 0.15) is 0 Å². The second kappa shape index (κ2) is 4.79. The Kier molecular flexibility index (Phi) is 2.88. The van der Waals surface area contributed by atoms with Gasteiger partial charge in [-0.05, 0) is 18.2 Å². The first-order valence-electron chi connectivity index (χ1n) is 6.21. The molecular weight excluding hydrogens is 327 g/mol. The molecule has 1 aromatic carbocycles. The van der Waals surface area contributed by atoms with E-state index in [0.717, 1.165) is 0 Å². The monoisotopic (exact) mass is 332 g/mol. The highest BCUT2D eigenvalue weighted by molar-refractivity contribution is 6.35. The number of halogens is 2. The number of aromatic nitrogens is 4. The van der Waals surface area contributed by atoms with Crippen molar-refractivity contribution in [3.8, 4) is 5.69 Å². The lowest BCUT2D eigenvalue weighted by molar-refractivity contribution is 0.663. The topological polar surface area (TPSA) is 73.8 Å². The first-order valence-corrected chi connectivity index (χ1v) is 6.96. The molecule has 3 aromatic heterocycles. The average Bonchev–Trinajstić information content (AvgIpc) is 2.88. The molecule has 8 heteroatoms. The Hall–Kier alpha value is -2.44. The van der Waals surface area contributed by atoms with Gasteiger partial charge < -0.3 is 4.42 Å². The molecule has 3 heterocycles. The summed E-state index contributed by atoms with van der Waals surface area (Å²) in [5.41, 5.74) is 1.26. The molecule has 4 rings (SSSR count). The van der Waals surface area contributed by atoms with Crippen molar-refractivity contribution in [3.05, 3.63) is 57.6 Å². The minimum absolute atomic E-state index is 0.000391. The van der Waals surface area contributed by atoms with Gasteiger partial charge in [-0.1, -0.05) is 23.2 Å². The van der Waals surface area contributed by atoms with Crippen LogP contribution in [0.25, 0.3) is 27.8 Å². The van der Waals surface area contributed by atoms with Crippen molar-refractivity contribution in [2.75, 3.05) is 0 Å². The van der Waals surface area contributed by atoms with Gasteiger partial charge in [0.2, 0.25) is 0 Å². The van der Waals surface area contributed by atoms with Crippen LogP contribution < -0.4 is 5.69 Å². The summed E-state index contributed by atoms with van der Waals surface area (Å²) in [5.74, 6) is 0. The summed E-state index contributed by atoms with van der Waals surface area (Å²) in [6, 6.07) is 5.12. The van der Waals surface area contributed by atoms with Crippen LogP contribution in [0.3, 0.4) is 0 Å². The van der Waals surface area contributed by atoms with E-state index in [1.807, 2.05) is 0 Å². The molecule has 22 heavy (non-hydrogen) atoms. The molecule has 0 spiro atoms. The molecule has 108 valence electrons. The Labute approximate surface area is 133 Å². The van der Waals surface area contributed by atoms with Crippen LogP contribution in [0, 0.1) is 0 Å². The lowest BCUT2D eigenvalue weighted by Crippen LogP contribution is -2.21. The molecule has 0 bridgehead atoms. The van der Waals surface area contributed by atoms with E-state index in [0.29, 0.717) is 32.8 Å². The van der Waals surface area contributed by atoms with Crippen LogP contribution >= 0.6 is 23.2 Å². The maximum absolute atomic E-state index is 12.3. The van der Waals surface area contributed by atoms with Crippen molar-refractivity contribution in [1.29, 1.82) is 0 Å². The van der Waals surface area contributed by atoms with Crippen LogP contribution in [0.15, 0.2) is 46.1 Å². The van der Waals surface area contributed by atoms with E-state index in [1.54, 1.807) is 18.2 Å². The first-order chi connectivity index (χ1) is 10.6. The summed E-state index contributed by atoms with van der Waals surface area (Å²) in [4.78, 5) is 24.0. The molecule has 6 nitrogen and oxygen atoms in total. The minimum atomic E-state index is -0.546. The lowest BCUT2D eigenvalue weighted by atomic mass is 10.2. The van der Waals surface area contributed by atoms with Crippen LogP contribution in [0.5, 0.6) is 0 Å². The van der Waals surface area contributed by atoms with E-state index in [-0.39, 0.29) is 5.15 Å². The first kappa shape index (κ1) is 13.2. The van der Waals surface area contributed by atoms with Gasteiger partial charge in [0.1, 0.15) is 17.4 Å². The molecule has 0 atom stereocenters. The van der Waals surface area contributed by atoms with Gasteiger partial charge >= 0.3 is 5.69 Å². The smallest absolute Gasteiger partial charge is 0.354 e. The third-order valence-electron chi connectivity index (χ3n) is 3.23. The van der Waals surface area contributed by atoms with Gasteiger partial charge in [-0.3, -0.25) is 4.57 Å². The van der Waals surface area contributed by atoms with E-state index < -0.39 is 5.69 Å². The maximum Gasteiger partial charge on any atom is 0.354 e. The number of nitrogens with zero attached hydrogens (tertiary/aromatic N) is 4. The van der Waals surface area contributed by atoms with Gasteiger partial charge in [-0.25, -0.2) is 14.8 Å². The fourth-order valence-electron chi connectivity index (χ4n) is 2.35. The summed E-state index contributed by atoms with van der Waals surface area (Å²) in [6.45, 7) is 0. The van der Waals surface area contributed by atoms with Gasteiger partial charge in [0.15, 0.2) is 10.7 Å². The summed E-state index contributed by atoms with van der Waals surface area (Å²) >= 11 is 12.1. The molecule has 0 N–H and O–H groups in total. The minimum Gasteiger partial charge on any atom is -0.451 e. The number of fused-ring (bicyclic) bond motifs is 3. The molecule has 0 saturated carbocycles. The number of hydrogen-bond acceptors (Lipinski definition) is 5. The van der Waals surface area contributed by atoms with Gasteiger partial charge in [-0.15, -0.1) is 0 Å². The maximum atomic E-state index is 12.3. The number of rotatable bonds is 1. The van der Waals surface area contributed by atoms with E-state index in [2.05, 4.69) is 15.0 Å². The lowest BCUT2D eigenvalue weighted by Gasteiger charge is -2.06. The van der Waals surface area contributed by atoms with E-state index >= 15 is 0 Å². The Morgan fingerprint density at radius 1 is 1.14 bits per heavy atom. The molecule has 0 saturated heterocycles. The van der Waals surface area contributed by atoms with Crippen molar-refractivity contribution in [1.82, 2.24) is 19.5 Å². The predicted molar refractivity (Wildman–Crippen MR) is 82.7 cm³/mol. The van der Waals surface area contributed by atoms with Crippen LogP contribution in [-0.2, 0) is 0 Å². The largest absolute Gasteiger partial charge is 0.451 e. The van der Waals surface area contributed by atoms with Crippen molar-refractivity contribution < 1.29 is 4.42 Å². The van der Waals surface area contributed by atoms with E-state index in [1.165, 1.54) is 23.3 Å². The zero-order chi connectivity index (χ0) is 15.3.